The van der Waals surface area contributed by atoms with E-state index in [9.17, 15) is 0 Å². The van der Waals surface area contributed by atoms with Gasteiger partial charge in [0.1, 0.15) is 0 Å². The Morgan fingerprint density at radius 1 is 1.27 bits per heavy atom. The summed E-state index contributed by atoms with van der Waals surface area (Å²) in [6.07, 6.45) is 1.85. The van der Waals surface area contributed by atoms with Crippen LogP contribution in [0, 0.1) is 0 Å². The molecule has 62 valence electrons. The van der Waals surface area contributed by atoms with Crippen LogP contribution in [0.25, 0.3) is 0 Å². The van der Waals surface area contributed by atoms with Crippen molar-refractivity contribution in [1.82, 2.24) is 4.90 Å². The van der Waals surface area contributed by atoms with Crippen molar-refractivity contribution in [3.8, 4) is 0 Å². The summed E-state index contributed by atoms with van der Waals surface area (Å²) in [5, 5.41) is 0. The normalized spacial score (nSPS) is 12.0. The molecule has 1 heteroatoms. The third kappa shape index (κ3) is 2.62. The second kappa shape index (κ2) is 4.02. The molecule has 0 aromatic carbocycles. The van der Waals surface area contributed by atoms with Gasteiger partial charge in [0.2, 0.25) is 0 Å². The van der Waals surface area contributed by atoms with E-state index >= 15 is 0 Å². The summed E-state index contributed by atoms with van der Waals surface area (Å²) in [7, 11) is 3.98. The molecule has 0 aromatic heterocycles. The fraction of sp³-hybridized carbons (Fsp3) is 0.400. The number of nitrogens with zero attached hydrogens (tertiary/aromatic N) is 1. The Morgan fingerprint density at radius 2 is 1.73 bits per heavy atom. The second-order valence-corrected chi connectivity index (χ2v) is 2.85. The summed E-state index contributed by atoms with van der Waals surface area (Å²) >= 11 is 0. The van der Waals surface area contributed by atoms with Gasteiger partial charge in [-0.2, -0.15) is 0 Å². The monoisotopic (exact) mass is 151 g/mol. The van der Waals surface area contributed by atoms with Crippen molar-refractivity contribution in [3.63, 3.8) is 0 Å². The molecule has 0 radical (unpaired) electrons. The summed E-state index contributed by atoms with van der Waals surface area (Å²) in [5.41, 5.74) is 3.43. The molecular formula is C10H17N. The third-order valence-electron chi connectivity index (χ3n) is 1.87. The molecule has 0 unspecified atom stereocenters. The maximum atomic E-state index is 3.94. The van der Waals surface area contributed by atoms with Crippen LogP contribution in [0.15, 0.2) is 36.1 Å². The first-order chi connectivity index (χ1) is 5.00. The van der Waals surface area contributed by atoms with E-state index in [1.165, 1.54) is 11.1 Å². The predicted molar refractivity (Wildman–Crippen MR) is 51.4 cm³/mol. The first-order valence-corrected chi connectivity index (χ1v) is 3.67. The Balaban J connectivity index is 4.60. The van der Waals surface area contributed by atoms with E-state index < -0.39 is 0 Å². The summed E-state index contributed by atoms with van der Waals surface area (Å²) < 4.78 is 0. The van der Waals surface area contributed by atoms with Crippen molar-refractivity contribution in [2.75, 3.05) is 14.1 Å². The molecule has 0 amide bonds. The quantitative estimate of drug-likeness (QED) is 0.560. The molecule has 0 fully saturated rings. The molecule has 0 rings (SSSR count). The Bertz CT molecular complexity index is 197. The summed E-state index contributed by atoms with van der Waals surface area (Å²) in [6, 6.07) is 0. The first-order valence-electron chi connectivity index (χ1n) is 3.67. The molecule has 0 spiro atoms. The average Bonchev–Trinajstić information content (AvgIpc) is 2.00. The number of hydrogen-bond acceptors (Lipinski definition) is 1. The van der Waals surface area contributed by atoms with Crippen LogP contribution in [0.5, 0.6) is 0 Å². The highest BCUT2D eigenvalue weighted by Gasteiger charge is 2.00. The van der Waals surface area contributed by atoms with Crippen molar-refractivity contribution >= 4 is 0 Å². The molecule has 1 nitrogen and oxygen atoms in total. The van der Waals surface area contributed by atoms with Crippen LogP contribution in [0.1, 0.15) is 13.8 Å². The molecule has 0 aliphatic rings. The zero-order valence-corrected chi connectivity index (χ0v) is 7.94. The minimum Gasteiger partial charge on any atom is -0.378 e. The van der Waals surface area contributed by atoms with E-state index in [0.717, 1.165) is 5.70 Å². The fourth-order valence-electron chi connectivity index (χ4n) is 0.716. The topological polar surface area (TPSA) is 3.24 Å². The smallest absolute Gasteiger partial charge is 0.0320 e. The fourth-order valence-corrected chi connectivity index (χ4v) is 0.716. The van der Waals surface area contributed by atoms with E-state index in [1.54, 1.807) is 0 Å². The van der Waals surface area contributed by atoms with Crippen LogP contribution in [0.3, 0.4) is 0 Å². The lowest BCUT2D eigenvalue weighted by molar-refractivity contribution is 0.523. The molecular weight excluding hydrogens is 134 g/mol. The maximum absolute atomic E-state index is 3.94. The van der Waals surface area contributed by atoms with Crippen LogP contribution < -0.4 is 0 Å². The van der Waals surface area contributed by atoms with Gasteiger partial charge in [-0.3, -0.25) is 0 Å². The summed E-state index contributed by atoms with van der Waals surface area (Å²) in [5.74, 6) is 0. The van der Waals surface area contributed by atoms with Crippen LogP contribution in [0.4, 0.5) is 0 Å². The summed E-state index contributed by atoms with van der Waals surface area (Å²) in [4.78, 5) is 2.00. The van der Waals surface area contributed by atoms with Crippen molar-refractivity contribution in [2.45, 2.75) is 13.8 Å². The zero-order valence-electron chi connectivity index (χ0n) is 7.94. The van der Waals surface area contributed by atoms with E-state index in [-0.39, 0.29) is 0 Å². The summed E-state index contributed by atoms with van der Waals surface area (Å²) in [6.45, 7) is 11.7. The molecule has 11 heavy (non-hydrogen) atoms. The number of hydrogen-bond donors (Lipinski definition) is 0. The van der Waals surface area contributed by atoms with Gasteiger partial charge in [0, 0.05) is 19.8 Å². The van der Waals surface area contributed by atoms with Gasteiger partial charge in [-0.25, -0.2) is 0 Å². The Hall–Kier alpha value is -0.980. The minimum atomic E-state index is 1.04. The van der Waals surface area contributed by atoms with Gasteiger partial charge in [-0.1, -0.05) is 19.2 Å². The van der Waals surface area contributed by atoms with E-state index in [4.69, 9.17) is 0 Å². The highest BCUT2D eigenvalue weighted by molar-refractivity contribution is 5.34. The van der Waals surface area contributed by atoms with Gasteiger partial charge in [0.05, 0.1) is 0 Å². The highest BCUT2D eigenvalue weighted by Crippen LogP contribution is 2.14. The van der Waals surface area contributed by atoms with Gasteiger partial charge >= 0.3 is 0 Å². The lowest BCUT2D eigenvalue weighted by Gasteiger charge is -2.17. The van der Waals surface area contributed by atoms with Gasteiger partial charge in [0.15, 0.2) is 0 Å². The maximum Gasteiger partial charge on any atom is 0.0320 e. The van der Waals surface area contributed by atoms with Crippen molar-refractivity contribution in [3.05, 3.63) is 36.1 Å². The molecule has 0 bridgehead atoms. The van der Waals surface area contributed by atoms with Gasteiger partial charge in [-0.05, 0) is 25.0 Å². The molecule has 0 aromatic rings. The van der Waals surface area contributed by atoms with Crippen molar-refractivity contribution in [2.24, 2.45) is 0 Å². The van der Waals surface area contributed by atoms with Crippen LogP contribution in [-0.4, -0.2) is 19.0 Å². The molecule has 0 aliphatic heterocycles. The molecule has 0 aliphatic carbocycles. The number of allylic oxidation sites excluding steroid dienone is 3. The first kappa shape index (κ1) is 10.0. The van der Waals surface area contributed by atoms with Crippen LogP contribution in [-0.2, 0) is 0 Å². The predicted octanol–water partition coefficient (Wildman–Crippen LogP) is 2.58. The lowest BCUT2D eigenvalue weighted by atomic mass is 10.1. The van der Waals surface area contributed by atoms with E-state index in [0.29, 0.717) is 0 Å². The standard InChI is InChI=1S/C10H17N/c1-7-8(2)9(3)10(4)11(5)6/h7H,1,4H2,2-3,5-6H3/b9-8-. The second-order valence-electron chi connectivity index (χ2n) is 2.85. The Morgan fingerprint density at radius 3 is 2.00 bits per heavy atom. The van der Waals surface area contributed by atoms with E-state index in [2.05, 4.69) is 20.1 Å². The lowest BCUT2D eigenvalue weighted by Crippen LogP contribution is -2.11. The minimum absolute atomic E-state index is 1.04. The molecule has 0 saturated carbocycles. The van der Waals surface area contributed by atoms with Gasteiger partial charge in [0.25, 0.3) is 0 Å². The largest absolute Gasteiger partial charge is 0.378 e. The zero-order chi connectivity index (χ0) is 9.02. The Labute approximate surface area is 69.7 Å². The van der Waals surface area contributed by atoms with Crippen molar-refractivity contribution < 1.29 is 0 Å². The molecule has 0 N–H and O–H groups in total. The molecule has 0 heterocycles. The van der Waals surface area contributed by atoms with Gasteiger partial charge < -0.3 is 4.90 Å². The van der Waals surface area contributed by atoms with Gasteiger partial charge in [-0.15, -0.1) is 0 Å². The SMILES string of the molecule is C=C/C(C)=C(/C)C(=C)N(C)C. The van der Waals surface area contributed by atoms with Crippen LogP contribution in [0.2, 0.25) is 0 Å². The Kier molecular flexibility index (Phi) is 3.66. The van der Waals surface area contributed by atoms with E-state index in [1.807, 2.05) is 32.0 Å². The number of rotatable bonds is 3. The highest BCUT2D eigenvalue weighted by atomic mass is 15.1. The third-order valence-corrected chi connectivity index (χ3v) is 1.87. The van der Waals surface area contributed by atoms with Crippen molar-refractivity contribution in [1.29, 1.82) is 0 Å². The molecule has 0 atom stereocenters. The number of likely N-dealkylation sites (N-methyl/N-ethyl adjacent to an activating group) is 1. The molecule has 0 saturated heterocycles. The van der Waals surface area contributed by atoms with Crippen LogP contribution >= 0.6 is 0 Å². The average molecular weight is 151 g/mol.